The van der Waals surface area contributed by atoms with Crippen LogP contribution in [0.15, 0.2) is 18.2 Å². The lowest BCUT2D eigenvalue weighted by molar-refractivity contribution is -0.120. The topological polar surface area (TPSA) is 81.4 Å². The van der Waals surface area contributed by atoms with Crippen LogP contribution in [0.2, 0.25) is 0 Å². The van der Waals surface area contributed by atoms with Gasteiger partial charge in [0.1, 0.15) is 0 Å². The van der Waals surface area contributed by atoms with Crippen LogP contribution >= 0.6 is 0 Å². The molecule has 1 fully saturated rings. The molecule has 0 saturated heterocycles. The van der Waals surface area contributed by atoms with Crippen molar-refractivity contribution in [2.45, 2.75) is 38.6 Å². The van der Waals surface area contributed by atoms with Gasteiger partial charge in [0, 0.05) is 17.6 Å². The van der Waals surface area contributed by atoms with Gasteiger partial charge in [-0.15, -0.1) is 0 Å². The minimum atomic E-state index is -0.396. The predicted octanol–water partition coefficient (Wildman–Crippen LogP) is 2.24. The Balaban J connectivity index is 2.09. The minimum absolute atomic E-state index is 0.00554. The first-order valence-corrected chi connectivity index (χ1v) is 7.27. The molecule has 0 spiro atoms. The third kappa shape index (κ3) is 3.61. The van der Waals surface area contributed by atoms with E-state index in [1.54, 1.807) is 25.1 Å². The standard InChI is InChI=1S/C16H22N2O3/c1-10-13(16(20)21-2)4-3-5-14(10)18-15(19)11-6-8-12(17)9-7-11/h3-5,11-12H,6-9,17H2,1-2H3,(H,18,19). The second kappa shape index (κ2) is 6.72. The van der Waals surface area contributed by atoms with Crippen LogP contribution in [0, 0.1) is 12.8 Å². The first kappa shape index (κ1) is 15.5. The number of anilines is 1. The van der Waals surface area contributed by atoms with Gasteiger partial charge in [-0.2, -0.15) is 0 Å². The molecule has 1 aliphatic carbocycles. The van der Waals surface area contributed by atoms with E-state index in [1.807, 2.05) is 0 Å². The van der Waals surface area contributed by atoms with Crippen LogP contribution in [0.1, 0.15) is 41.6 Å². The molecule has 0 aliphatic heterocycles. The van der Waals surface area contributed by atoms with Gasteiger partial charge in [0.05, 0.1) is 12.7 Å². The molecule has 0 aromatic heterocycles. The summed E-state index contributed by atoms with van der Waals surface area (Å²) in [7, 11) is 1.35. The van der Waals surface area contributed by atoms with Crippen LogP contribution in [0.5, 0.6) is 0 Å². The number of hydrogen-bond acceptors (Lipinski definition) is 4. The van der Waals surface area contributed by atoms with Crippen molar-refractivity contribution in [3.8, 4) is 0 Å². The predicted molar refractivity (Wildman–Crippen MR) is 81.1 cm³/mol. The number of carbonyl (C=O) groups excluding carboxylic acids is 2. The van der Waals surface area contributed by atoms with E-state index >= 15 is 0 Å². The van der Waals surface area contributed by atoms with Crippen molar-refractivity contribution < 1.29 is 14.3 Å². The van der Waals surface area contributed by atoms with E-state index in [-0.39, 0.29) is 17.9 Å². The number of ether oxygens (including phenoxy) is 1. The summed E-state index contributed by atoms with van der Waals surface area (Å²) in [5.41, 5.74) is 7.72. The molecule has 5 nitrogen and oxygen atoms in total. The van der Waals surface area contributed by atoms with Crippen LogP contribution in [0.25, 0.3) is 0 Å². The molecule has 0 unspecified atom stereocenters. The summed E-state index contributed by atoms with van der Waals surface area (Å²) >= 11 is 0. The van der Waals surface area contributed by atoms with Gasteiger partial charge in [-0.25, -0.2) is 4.79 Å². The van der Waals surface area contributed by atoms with Gasteiger partial charge < -0.3 is 15.8 Å². The number of rotatable bonds is 3. The third-order valence-corrected chi connectivity index (χ3v) is 4.14. The number of amides is 1. The van der Waals surface area contributed by atoms with Gasteiger partial charge in [-0.3, -0.25) is 4.79 Å². The van der Waals surface area contributed by atoms with Crippen LogP contribution in [0.3, 0.4) is 0 Å². The smallest absolute Gasteiger partial charge is 0.338 e. The summed E-state index contributed by atoms with van der Waals surface area (Å²) in [6.45, 7) is 1.80. The summed E-state index contributed by atoms with van der Waals surface area (Å²) < 4.78 is 4.74. The molecular formula is C16H22N2O3. The molecule has 5 heteroatoms. The van der Waals surface area contributed by atoms with E-state index in [4.69, 9.17) is 10.5 Å². The summed E-state index contributed by atoms with van der Waals surface area (Å²) in [5, 5.41) is 2.93. The summed E-state index contributed by atoms with van der Waals surface area (Å²) in [6.07, 6.45) is 3.42. The highest BCUT2D eigenvalue weighted by atomic mass is 16.5. The minimum Gasteiger partial charge on any atom is -0.465 e. The zero-order valence-electron chi connectivity index (χ0n) is 12.5. The normalized spacial score (nSPS) is 21.7. The molecule has 1 aliphatic rings. The number of nitrogens with one attached hydrogen (secondary N) is 1. The van der Waals surface area contributed by atoms with Gasteiger partial charge in [0.25, 0.3) is 0 Å². The number of carbonyl (C=O) groups is 2. The Morgan fingerprint density at radius 1 is 1.24 bits per heavy atom. The molecule has 2 rings (SSSR count). The van der Waals surface area contributed by atoms with Crippen molar-refractivity contribution in [3.05, 3.63) is 29.3 Å². The molecule has 1 saturated carbocycles. The van der Waals surface area contributed by atoms with E-state index in [0.29, 0.717) is 11.3 Å². The van der Waals surface area contributed by atoms with Gasteiger partial charge in [0.15, 0.2) is 0 Å². The lowest BCUT2D eigenvalue weighted by Gasteiger charge is -2.25. The van der Waals surface area contributed by atoms with Crippen LogP contribution in [0.4, 0.5) is 5.69 Å². The fourth-order valence-electron chi connectivity index (χ4n) is 2.72. The quantitative estimate of drug-likeness (QED) is 0.836. The summed E-state index contributed by atoms with van der Waals surface area (Å²) in [6, 6.07) is 5.45. The molecular weight excluding hydrogens is 268 g/mol. The van der Waals surface area contributed by atoms with Crippen molar-refractivity contribution in [2.24, 2.45) is 11.7 Å². The molecule has 1 amide bonds. The van der Waals surface area contributed by atoms with Gasteiger partial charge in [0.2, 0.25) is 5.91 Å². The Hall–Kier alpha value is -1.88. The lowest BCUT2D eigenvalue weighted by Crippen LogP contribution is -2.32. The Morgan fingerprint density at radius 3 is 2.52 bits per heavy atom. The highest BCUT2D eigenvalue weighted by Gasteiger charge is 2.25. The second-order valence-corrected chi connectivity index (χ2v) is 5.57. The van der Waals surface area contributed by atoms with Crippen LogP contribution < -0.4 is 11.1 Å². The third-order valence-electron chi connectivity index (χ3n) is 4.14. The van der Waals surface area contributed by atoms with Crippen molar-refractivity contribution >= 4 is 17.6 Å². The van der Waals surface area contributed by atoms with Gasteiger partial charge in [-0.1, -0.05) is 6.07 Å². The number of methoxy groups -OCH3 is 1. The number of esters is 1. The lowest BCUT2D eigenvalue weighted by atomic mass is 9.86. The Bertz CT molecular complexity index is 534. The number of hydrogen-bond donors (Lipinski definition) is 2. The van der Waals surface area contributed by atoms with Crippen molar-refractivity contribution in [2.75, 3.05) is 12.4 Å². The van der Waals surface area contributed by atoms with Gasteiger partial charge in [-0.05, 0) is 50.3 Å². The van der Waals surface area contributed by atoms with E-state index in [1.165, 1.54) is 7.11 Å². The highest BCUT2D eigenvalue weighted by molar-refractivity contribution is 5.97. The zero-order chi connectivity index (χ0) is 15.4. The first-order chi connectivity index (χ1) is 10.0. The first-order valence-electron chi connectivity index (χ1n) is 7.27. The maximum Gasteiger partial charge on any atom is 0.338 e. The van der Waals surface area contributed by atoms with E-state index in [9.17, 15) is 9.59 Å². The molecule has 114 valence electrons. The maximum atomic E-state index is 12.3. The molecule has 3 N–H and O–H groups in total. The molecule has 0 radical (unpaired) electrons. The van der Waals surface area contributed by atoms with Crippen LogP contribution in [-0.2, 0) is 9.53 Å². The molecule has 21 heavy (non-hydrogen) atoms. The van der Waals surface area contributed by atoms with E-state index in [2.05, 4.69) is 5.32 Å². The average Bonchev–Trinajstić information content (AvgIpc) is 2.49. The SMILES string of the molecule is COC(=O)c1cccc(NC(=O)C2CCC(N)CC2)c1C. The Morgan fingerprint density at radius 2 is 1.90 bits per heavy atom. The summed E-state index contributed by atoms with van der Waals surface area (Å²) in [5.74, 6) is -0.384. The fraction of sp³-hybridized carbons (Fsp3) is 0.500. The van der Waals surface area contributed by atoms with Crippen molar-refractivity contribution in [3.63, 3.8) is 0 Å². The Kier molecular flexibility index (Phi) is 4.96. The largest absolute Gasteiger partial charge is 0.465 e. The van der Waals surface area contributed by atoms with E-state index < -0.39 is 5.97 Å². The Labute approximate surface area is 124 Å². The number of nitrogens with two attached hydrogens (primary N) is 1. The molecule has 0 atom stereocenters. The number of benzene rings is 1. The van der Waals surface area contributed by atoms with E-state index in [0.717, 1.165) is 31.2 Å². The molecule has 0 bridgehead atoms. The highest BCUT2D eigenvalue weighted by Crippen LogP contribution is 2.26. The maximum absolute atomic E-state index is 12.3. The van der Waals surface area contributed by atoms with Gasteiger partial charge >= 0.3 is 5.97 Å². The monoisotopic (exact) mass is 290 g/mol. The van der Waals surface area contributed by atoms with Crippen molar-refractivity contribution in [1.29, 1.82) is 0 Å². The molecule has 1 aromatic rings. The van der Waals surface area contributed by atoms with Crippen LogP contribution in [-0.4, -0.2) is 25.0 Å². The molecule has 0 heterocycles. The molecule has 1 aromatic carbocycles. The zero-order valence-corrected chi connectivity index (χ0v) is 12.5. The fourth-order valence-corrected chi connectivity index (χ4v) is 2.72. The van der Waals surface area contributed by atoms with Crippen molar-refractivity contribution in [1.82, 2.24) is 0 Å². The summed E-state index contributed by atoms with van der Waals surface area (Å²) in [4.78, 5) is 24.0. The second-order valence-electron chi connectivity index (χ2n) is 5.57. The average molecular weight is 290 g/mol.